The lowest BCUT2D eigenvalue weighted by Crippen LogP contribution is -2.56. The van der Waals surface area contributed by atoms with Crippen LogP contribution in [-0.2, 0) is 4.79 Å². The van der Waals surface area contributed by atoms with E-state index in [0.717, 1.165) is 0 Å². The molecule has 0 amide bonds. The normalized spacial score (nSPS) is 28.1. The van der Waals surface area contributed by atoms with Crippen molar-refractivity contribution < 1.29 is 9.90 Å². The van der Waals surface area contributed by atoms with Gasteiger partial charge in [0.25, 0.3) is 0 Å². The number of carbonyl (C=O) groups is 1. The van der Waals surface area contributed by atoms with Gasteiger partial charge in [0.05, 0.1) is 0 Å². The molecule has 0 unspecified atom stereocenters. The molecule has 0 aromatic heterocycles. The van der Waals surface area contributed by atoms with Crippen molar-refractivity contribution in [3.8, 4) is 0 Å². The van der Waals surface area contributed by atoms with Gasteiger partial charge in [-0.25, -0.2) is 0 Å². The molecule has 0 spiro atoms. The van der Waals surface area contributed by atoms with Crippen LogP contribution >= 0.6 is 46.4 Å². The summed E-state index contributed by atoms with van der Waals surface area (Å²) in [6.07, 6.45) is 0. The van der Waals surface area contributed by atoms with Gasteiger partial charge in [0, 0.05) is 11.0 Å². The molecule has 0 saturated heterocycles. The van der Waals surface area contributed by atoms with E-state index in [4.69, 9.17) is 46.4 Å². The maximum Gasteiger partial charge on any atom is 0.198 e. The van der Waals surface area contributed by atoms with Gasteiger partial charge in [-0.05, 0) is 6.92 Å². The predicted octanol–water partition coefficient (Wildman–Crippen LogP) is 3.78. The van der Waals surface area contributed by atoms with E-state index in [0.29, 0.717) is 0 Å². The van der Waals surface area contributed by atoms with Gasteiger partial charge in [-0.1, -0.05) is 60.3 Å². The largest absolute Gasteiger partial charge is 0.509 e. The first kappa shape index (κ1) is 13.4. The van der Waals surface area contributed by atoms with Crippen molar-refractivity contribution in [2.75, 3.05) is 0 Å². The van der Waals surface area contributed by atoms with Crippen LogP contribution in [0.1, 0.15) is 20.8 Å². The summed E-state index contributed by atoms with van der Waals surface area (Å²) in [5.74, 6) is -0.969. The molecule has 2 nitrogen and oxygen atoms in total. The van der Waals surface area contributed by atoms with Crippen LogP contribution in [0.3, 0.4) is 0 Å². The van der Waals surface area contributed by atoms with Crippen molar-refractivity contribution in [1.82, 2.24) is 0 Å². The molecule has 0 radical (unpaired) electrons. The fourth-order valence-corrected chi connectivity index (χ4v) is 2.68. The van der Waals surface area contributed by atoms with E-state index in [9.17, 15) is 9.90 Å². The summed E-state index contributed by atoms with van der Waals surface area (Å²) in [7, 11) is 0. The predicted molar refractivity (Wildman–Crippen MR) is 63.0 cm³/mol. The van der Waals surface area contributed by atoms with Crippen molar-refractivity contribution in [3.05, 3.63) is 11.3 Å². The Labute approximate surface area is 108 Å². The number of allylic oxidation sites excluding steroid dienone is 2. The smallest absolute Gasteiger partial charge is 0.198 e. The molecule has 1 N–H and O–H groups in total. The zero-order chi connectivity index (χ0) is 12.2. The maximum atomic E-state index is 11.8. The van der Waals surface area contributed by atoms with Gasteiger partial charge in [0.1, 0.15) is 5.76 Å². The van der Waals surface area contributed by atoms with Gasteiger partial charge >= 0.3 is 0 Å². The van der Waals surface area contributed by atoms with Crippen molar-refractivity contribution in [2.45, 2.75) is 29.4 Å². The molecule has 0 aliphatic heterocycles. The fourth-order valence-electron chi connectivity index (χ4n) is 1.36. The Bertz CT molecular complexity index is 355. The highest BCUT2D eigenvalue weighted by Crippen LogP contribution is 2.60. The van der Waals surface area contributed by atoms with Gasteiger partial charge in [0.15, 0.2) is 14.4 Å². The number of alkyl halides is 4. The minimum Gasteiger partial charge on any atom is -0.509 e. The number of hydrogen-bond acceptors (Lipinski definition) is 2. The lowest BCUT2D eigenvalue weighted by atomic mass is 9.75. The molecule has 0 fully saturated rings. The second kappa shape index (κ2) is 3.43. The van der Waals surface area contributed by atoms with Crippen LogP contribution in [0.4, 0.5) is 0 Å². The third kappa shape index (κ3) is 1.49. The Morgan fingerprint density at radius 2 is 1.47 bits per heavy atom. The molecule has 1 aliphatic rings. The molecule has 86 valence electrons. The number of carbonyl (C=O) groups excluding carboxylic acids is 1. The molecule has 15 heavy (non-hydrogen) atoms. The first-order valence-electron chi connectivity index (χ1n) is 4.18. The maximum absolute atomic E-state index is 11.8. The van der Waals surface area contributed by atoms with Gasteiger partial charge in [-0.2, -0.15) is 0 Å². The quantitative estimate of drug-likeness (QED) is 0.690. The SMILES string of the molecule is CC1=C(O)C(Cl)(Cl)C(C)(C)C(Cl)(Cl)C1=O. The third-order valence-electron chi connectivity index (χ3n) is 2.85. The van der Waals surface area contributed by atoms with E-state index < -0.39 is 25.6 Å². The van der Waals surface area contributed by atoms with Crippen molar-refractivity contribution in [2.24, 2.45) is 5.41 Å². The van der Waals surface area contributed by atoms with Crippen molar-refractivity contribution in [3.63, 3.8) is 0 Å². The number of hydrogen-bond donors (Lipinski definition) is 1. The van der Waals surface area contributed by atoms with E-state index in [1.807, 2.05) is 0 Å². The minimum absolute atomic E-state index is 0.00988. The van der Waals surface area contributed by atoms with Crippen LogP contribution in [0.25, 0.3) is 0 Å². The first-order valence-corrected chi connectivity index (χ1v) is 5.70. The molecular weight excluding hydrogens is 282 g/mol. The molecule has 0 bridgehead atoms. The zero-order valence-electron chi connectivity index (χ0n) is 8.37. The zero-order valence-corrected chi connectivity index (χ0v) is 11.4. The second-order valence-electron chi connectivity index (χ2n) is 4.08. The van der Waals surface area contributed by atoms with Gasteiger partial charge in [-0.3, -0.25) is 4.79 Å². The molecule has 1 rings (SSSR count). The molecule has 1 aliphatic carbocycles. The minimum atomic E-state index is -1.76. The van der Waals surface area contributed by atoms with Crippen LogP contribution in [0.2, 0.25) is 0 Å². The van der Waals surface area contributed by atoms with E-state index >= 15 is 0 Å². The van der Waals surface area contributed by atoms with Gasteiger partial charge in [0.2, 0.25) is 0 Å². The fraction of sp³-hybridized carbons (Fsp3) is 0.667. The Kier molecular flexibility index (Phi) is 3.07. The Hall–Kier alpha value is 0.370. The first-order chi connectivity index (χ1) is 6.48. The van der Waals surface area contributed by atoms with Crippen molar-refractivity contribution >= 4 is 52.2 Å². The molecular formula is C9H10Cl4O2. The van der Waals surface area contributed by atoms with Crippen LogP contribution in [0.5, 0.6) is 0 Å². The summed E-state index contributed by atoms with van der Waals surface area (Å²) >= 11 is 23.9. The van der Waals surface area contributed by atoms with Crippen LogP contribution in [0.15, 0.2) is 11.3 Å². The average molecular weight is 292 g/mol. The van der Waals surface area contributed by atoms with E-state index in [2.05, 4.69) is 0 Å². The molecule has 0 saturated carbocycles. The Morgan fingerprint density at radius 3 is 1.87 bits per heavy atom. The number of halogens is 4. The van der Waals surface area contributed by atoms with Crippen LogP contribution in [0, 0.1) is 5.41 Å². The van der Waals surface area contributed by atoms with Crippen LogP contribution in [-0.4, -0.2) is 19.6 Å². The lowest BCUT2D eigenvalue weighted by Gasteiger charge is -2.47. The second-order valence-corrected chi connectivity index (χ2v) is 6.73. The number of aliphatic hydroxyl groups excluding tert-OH is 1. The monoisotopic (exact) mass is 290 g/mol. The summed E-state index contributed by atoms with van der Waals surface area (Å²) in [5, 5.41) is 9.72. The summed E-state index contributed by atoms with van der Waals surface area (Å²) in [5.41, 5.74) is -1.21. The highest BCUT2D eigenvalue weighted by molar-refractivity contribution is 6.63. The summed E-state index contributed by atoms with van der Waals surface area (Å²) in [6.45, 7) is 4.42. The highest BCUT2D eigenvalue weighted by atomic mass is 35.5. The van der Waals surface area contributed by atoms with E-state index in [-0.39, 0.29) is 5.57 Å². The highest BCUT2D eigenvalue weighted by Gasteiger charge is 2.65. The molecule has 0 aromatic carbocycles. The van der Waals surface area contributed by atoms with Crippen LogP contribution < -0.4 is 0 Å². The number of aliphatic hydroxyl groups is 1. The van der Waals surface area contributed by atoms with Gasteiger partial charge in [-0.15, -0.1) is 0 Å². The third-order valence-corrected chi connectivity index (χ3v) is 5.44. The molecule has 0 atom stereocenters. The van der Waals surface area contributed by atoms with Gasteiger partial charge < -0.3 is 5.11 Å². The summed E-state index contributed by atoms with van der Waals surface area (Å²) < 4.78 is -3.44. The lowest BCUT2D eigenvalue weighted by molar-refractivity contribution is -0.119. The summed E-state index contributed by atoms with van der Waals surface area (Å²) in [6, 6.07) is 0. The number of Topliss-reactive ketones (excluding diaryl/α,β-unsaturated/α-hetero) is 1. The number of rotatable bonds is 0. The molecule has 6 heteroatoms. The average Bonchev–Trinajstić information content (AvgIpc) is 2.12. The Balaban J connectivity index is 3.56. The summed E-state index contributed by atoms with van der Waals surface area (Å²) in [4.78, 5) is 11.8. The molecule has 0 heterocycles. The topological polar surface area (TPSA) is 37.3 Å². The van der Waals surface area contributed by atoms with Crippen molar-refractivity contribution in [1.29, 1.82) is 0 Å². The molecule has 0 aromatic rings. The van der Waals surface area contributed by atoms with E-state index in [1.165, 1.54) is 20.8 Å². The number of ketones is 1. The van der Waals surface area contributed by atoms with E-state index in [1.54, 1.807) is 0 Å². The Morgan fingerprint density at radius 1 is 1.07 bits per heavy atom. The standard InChI is InChI=1S/C9H10Cl4O2/c1-4-5(14)8(10,11)7(2,3)9(12,13)6(4)15/h14H,1-3H3.